The zero-order valence-corrected chi connectivity index (χ0v) is 16.1. The monoisotopic (exact) mass is 375 g/mol. The van der Waals surface area contributed by atoms with Crippen LogP contribution in [0.1, 0.15) is 12.2 Å². The van der Waals surface area contributed by atoms with Crippen LogP contribution in [0.3, 0.4) is 0 Å². The van der Waals surface area contributed by atoms with Crippen molar-refractivity contribution in [3.8, 4) is 0 Å². The summed E-state index contributed by atoms with van der Waals surface area (Å²) in [5, 5.41) is 8.74. The molecule has 2 aliphatic heterocycles. The minimum absolute atomic E-state index is 0.259. The predicted molar refractivity (Wildman–Crippen MR) is 104 cm³/mol. The molecule has 1 atom stereocenters. The highest BCUT2D eigenvalue weighted by Gasteiger charge is 2.26. The second-order valence-electron chi connectivity index (χ2n) is 6.90. The van der Waals surface area contributed by atoms with Crippen molar-refractivity contribution < 1.29 is 4.79 Å². The van der Waals surface area contributed by atoms with Gasteiger partial charge in [-0.2, -0.15) is 16.9 Å². The van der Waals surface area contributed by atoms with Crippen LogP contribution in [0.2, 0.25) is 0 Å². The molecule has 8 nitrogen and oxygen atoms in total. The standard InChI is InChI=1S/C17H25N7OS/c1-12-20-16-14(10-19-22(16)2)17(21-12)24-6-4-23(5-7-24)15(25)9-13-11-26-8-3-18-13/h10,13,18H,3-9,11H2,1-2H3. The molecule has 4 heterocycles. The molecule has 0 aromatic carbocycles. The summed E-state index contributed by atoms with van der Waals surface area (Å²) in [6.07, 6.45) is 2.43. The fourth-order valence-electron chi connectivity index (χ4n) is 3.61. The second kappa shape index (κ2) is 7.40. The number of hydrogen-bond donors (Lipinski definition) is 1. The van der Waals surface area contributed by atoms with Gasteiger partial charge < -0.3 is 15.1 Å². The summed E-state index contributed by atoms with van der Waals surface area (Å²) in [7, 11) is 1.90. The van der Waals surface area contributed by atoms with Gasteiger partial charge in [-0.25, -0.2) is 9.97 Å². The maximum absolute atomic E-state index is 12.6. The van der Waals surface area contributed by atoms with Crippen LogP contribution in [-0.2, 0) is 11.8 Å². The summed E-state index contributed by atoms with van der Waals surface area (Å²) in [6, 6.07) is 0.318. The predicted octanol–water partition coefficient (Wildman–Crippen LogP) is 0.415. The number of aromatic nitrogens is 4. The van der Waals surface area contributed by atoms with E-state index in [1.165, 1.54) is 0 Å². The lowest BCUT2D eigenvalue weighted by atomic mass is 10.2. The Morgan fingerprint density at radius 2 is 2.12 bits per heavy atom. The van der Waals surface area contributed by atoms with Crippen molar-refractivity contribution in [2.75, 3.05) is 49.1 Å². The zero-order chi connectivity index (χ0) is 18.1. The third-order valence-electron chi connectivity index (χ3n) is 5.04. The number of amides is 1. The number of aryl methyl sites for hydroxylation is 2. The normalized spacial score (nSPS) is 21.4. The summed E-state index contributed by atoms with van der Waals surface area (Å²) in [5.41, 5.74) is 0.854. The largest absolute Gasteiger partial charge is 0.352 e. The average Bonchev–Trinajstić information content (AvgIpc) is 3.03. The van der Waals surface area contributed by atoms with E-state index in [-0.39, 0.29) is 5.91 Å². The van der Waals surface area contributed by atoms with Crippen molar-refractivity contribution in [3.63, 3.8) is 0 Å². The zero-order valence-electron chi connectivity index (χ0n) is 15.3. The topological polar surface area (TPSA) is 79.2 Å². The lowest BCUT2D eigenvalue weighted by Gasteiger charge is -2.36. The number of fused-ring (bicyclic) bond motifs is 1. The number of carbonyl (C=O) groups is 1. The van der Waals surface area contributed by atoms with E-state index in [9.17, 15) is 4.79 Å². The molecule has 1 amide bonds. The van der Waals surface area contributed by atoms with Crippen LogP contribution < -0.4 is 10.2 Å². The maximum atomic E-state index is 12.6. The highest BCUT2D eigenvalue weighted by Crippen LogP contribution is 2.24. The number of nitrogens with one attached hydrogen (secondary N) is 1. The van der Waals surface area contributed by atoms with Gasteiger partial charge in [0.2, 0.25) is 5.91 Å². The number of hydrogen-bond acceptors (Lipinski definition) is 7. The van der Waals surface area contributed by atoms with E-state index in [4.69, 9.17) is 0 Å². The van der Waals surface area contributed by atoms with Gasteiger partial charge in [0, 0.05) is 63.7 Å². The minimum Gasteiger partial charge on any atom is -0.352 e. The van der Waals surface area contributed by atoms with Crippen LogP contribution in [-0.4, -0.2) is 80.8 Å². The Balaban J connectivity index is 1.41. The van der Waals surface area contributed by atoms with Crippen molar-refractivity contribution in [2.24, 2.45) is 7.05 Å². The molecule has 2 saturated heterocycles. The molecule has 2 aliphatic rings. The van der Waals surface area contributed by atoms with E-state index in [0.29, 0.717) is 12.5 Å². The van der Waals surface area contributed by atoms with Crippen LogP contribution >= 0.6 is 11.8 Å². The molecule has 0 spiro atoms. The van der Waals surface area contributed by atoms with Gasteiger partial charge in [-0.1, -0.05) is 0 Å². The molecule has 0 aliphatic carbocycles. The van der Waals surface area contributed by atoms with Gasteiger partial charge in [0.1, 0.15) is 11.6 Å². The first-order valence-corrected chi connectivity index (χ1v) is 10.3. The molecule has 140 valence electrons. The lowest BCUT2D eigenvalue weighted by Crippen LogP contribution is -2.51. The van der Waals surface area contributed by atoms with Gasteiger partial charge in [-0.05, 0) is 6.92 Å². The van der Waals surface area contributed by atoms with E-state index in [2.05, 4.69) is 25.3 Å². The first-order valence-electron chi connectivity index (χ1n) is 9.12. The summed E-state index contributed by atoms with van der Waals surface area (Å²) in [5.74, 6) is 4.11. The fourth-order valence-corrected chi connectivity index (χ4v) is 4.56. The van der Waals surface area contributed by atoms with Crippen molar-refractivity contribution >= 4 is 34.5 Å². The number of rotatable bonds is 3. The van der Waals surface area contributed by atoms with Crippen molar-refractivity contribution in [2.45, 2.75) is 19.4 Å². The van der Waals surface area contributed by atoms with Gasteiger partial charge in [0.05, 0.1) is 11.6 Å². The molecule has 9 heteroatoms. The van der Waals surface area contributed by atoms with Crippen molar-refractivity contribution in [1.82, 2.24) is 30.0 Å². The Morgan fingerprint density at radius 3 is 2.85 bits per heavy atom. The number of carbonyl (C=O) groups excluding carboxylic acids is 1. The third-order valence-corrected chi connectivity index (χ3v) is 6.17. The molecule has 0 bridgehead atoms. The van der Waals surface area contributed by atoms with Crippen LogP contribution in [0, 0.1) is 6.92 Å². The molecule has 2 aromatic heterocycles. The highest BCUT2D eigenvalue weighted by molar-refractivity contribution is 7.99. The van der Waals surface area contributed by atoms with Crippen LogP contribution in [0.25, 0.3) is 11.0 Å². The Kier molecular flexibility index (Phi) is 4.99. The van der Waals surface area contributed by atoms with E-state index in [1.807, 2.05) is 36.8 Å². The van der Waals surface area contributed by atoms with E-state index < -0.39 is 0 Å². The molecule has 2 fully saturated rings. The second-order valence-corrected chi connectivity index (χ2v) is 8.05. The Hall–Kier alpha value is -1.87. The Morgan fingerprint density at radius 1 is 1.31 bits per heavy atom. The van der Waals surface area contributed by atoms with E-state index in [1.54, 1.807) is 4.68 Å². The molecule has 0 saturated carbocycles. The number of thioether (sulfide) groups is 1. The molecule has 4 rings (SSSR count). The smallest absolute Gasteiger partial charge is 0.224 e. The first kappa shape index (κ1) is 17.5. The third kappa shape index (κ3) is 3.50. The lowest BCUT2D eigenvalue weighted by molar-refractivity contribution is -0.131. The summed E-state index contributed by atoms with van der Waals surface area (Å²) >= 11 is 1.93. The summed E-state index contributed by atoms with van der Waals surface area (Å²) < 4.78 is 1.78. The van der Waals surface area contributed by atoms with Gasteiger partial charge in [-0.15, -0.1) is 0 Å². The molecule has 2 aromatic rings. The Bertz CT molecular complexity index is 794. The molecule has 0 radical (unpaired) electrons. The number of piperazine rings is 1. The quantitative estimate of drug-likeness (QED) is 0.833. The summed E-state index contributed by atoms with van der Waals surface area (Å²) in [4.78, 5) is 26.0. The molecular weight excluding hydrogens is 350 g/mol. The van der Waals surface area contributed by atoms with Gasteiger partial charge in [0.25, 0.3) is 0 Å². The number of nitrogens with zero attached hydrogens (tertiary/aromatic N) is 6. The summed E-state index contributed by atoms with van der Waals surface area (Å²) in [6.45, 7) is 5.97. The highest BCUT2D eigenvalue weighted by atomic mass is 32.2. The molecule has 1 N–H and O–H groups in total. The van der Waals surface area contributed by atoms with Crippen molar-refractivity contribution in [3.05, 3.63) is 12.0 Å². The van der Waals surface area contributed by atoms with Gasteiger partial charge >= 0.3 is 0 Å². The van der Waals surface area contributed by atoms with Crippen LogP contribution in [0.15, 0.2) is 6.20 Å². The van der Waals surface area contributed by atoms with Gasteiger partial charge in [0.15, 0.2) is 5.65 Å². The fraction of sp³-hybridized carbons (Fsp3) is 0.647. The van der Waals surface area contributed by atoms with E-state index >= 15 is 0 Å². The minimum atomic E-state index is 0.259. The molecular formula is C17H25N7OS. The van der Waals surface area contributed by atoms with Crippen LogP contribution in [0.4, 0.5) is 5.82 Å². The maximum Gasteiger partial charge on any atom is 0.224 e. The average molecular weight is 376 g/mol. The Labute approximate surface area is 157 Å². The van der Waals surface area contributed by atoms with E-state index in [0.717, 1.165) is 66.9 Å². The molecule has 26 heavy (non-hydrogen) atoms. The number of anilines is 1. The SMILES string of the molecule is Cc1nc(N2CCN(C(=O)CC3CSCCN3)CC2)c2cnn(C)c2n1. The van der Waals surface area contributed by atoms with Crippen molar-refractivity contribution in [1.29, 1.82) is 0 Å². The van der Waals surface area contributed by atoms with Crippen LogP contribution in [0.5, 0.6) is 0 Å². The van der Waals surface area contributed by atoms with Gasteiger partial charge in [-0.3, -0.25) is 9.48 Å². The molecule has 1 unspecified atom stereocenters. The first-order chi connectivity index (χ1) is 12.6.